The van der Waals surface area contributed by atoms with Crippen LogP contribution in [-0.2, 0) is 21.8 Å². The number of hydrogen-bond donors (Lipinski definition) is 2. The van der Waals surface area contributed by atoms with E-state index in [1.54, 1.807) is 6.92 Å². The van der Waals surface area contributed by atoms with Gasteiger partial charge >= 0.3 is 18.4 Å². The van der Waals surface area contributed by atoms with Gasteiger partial charge < -0.3 is 20.1 Å². The summed E-state index contributed by atoms with van der Waals surface area (Å²) in [4.78, 5) is 11.5. The van der Waals surface area contributed by atoms with Crippen molar-refractivity contribution in [3.8, 4) is 0 Å². The first-order chi connectivity index (χ1) is 14.1. The van der Waals surface area contributed by atoms with Crippen molar-refractivity contribution >= 4 is 6.09 Å². The number of alkyl carbamates (subject to hydrolysis) is 1. The second-order valence-electron chi connectivity index (χ2n) is 8.54. The van der Waals surface area contributed by atoms with Crippen molar-refractivity contribution in [1.82, 2.24) is 10.6 Å². The average molecular weight is 454 g/mol. The van der Waals surface area contributed by atoms with Gasteiger partial charge in [-0.1, -0.05) is 0 Å². The molecule has 31 heavy (non-hydrogen) atoms. The van der Waals surface area contributed by atoms with Gasteiger partial charge in [-0.2, -0.15) is 26.3 Å². The predicted octanol–water partition coefficient (Wildman–Crippen LogP) is 4.81. The van der Waals surface area contributed by atoms with Gasteiger partial charge in [0.1, 0.15) is 6.10 Å². The summed E-state index contributed by atoms with van der Waals surface area (Å²) in [5.41, 5.74) is -4.07. The normalized spacial score (nSPS) is 30.2. The van der Waals surface area contributed by atoms with E-state index in [4.69, 9.17) is 9.47 Å². The maximum atomic E-state index is 13.1. The number of alkyl halides is 6. The van der Waals surface area contributed by atoms with Crippen molar-refractivity contribution in [2.45, 2.75) is 69.3 Å². The number of carbonyl (C=O) groups excluding carboxylic acids is 1. The molecule has 4 atom stereocenters. The molecule has 0 radical (unpaired) electrons. The van der Waals surface area contributed by atoms with Crippen LogP contribution in [0.2, 0.25) is 0 Å². The fourth-order valence-electron chi connectivity index (χ4n) is 3.85. The van der Waals surface area contributed by atoms with Crippen LogP contribution in [0.25, 0.3) is 0 Å². The number of ether oxygens (including phenoxy) is 2. The molecular formula is C20H24F6N2O3. The van der Waals surface area contributed by atoms with E-state index in [1.807, 2.05) is 6.92 Å². The van der Waals surface area contributed by atoms with E-state index in [2.05, 4.69) is 10.6 Å². The summed E-state index contributed by atoms with van der Waals surface area (Å²) >= 11 is 0. The number of cyclic esters (lactones) is 1. The van der Waals surface area contributed by atoms with Crippen molar-refractivity contribution in [3.63, 3.8) is 0 Å². The Balaban J connectivity index is 1.69. The largest absolute Gasteiger partial charge is 0.444 e. The molecule has 2 saturated heterocycles. The van der Waals surface area contributed by atoms with Crippen molar-refractivity contribution in [2.75, 3.05) is 13.2 Å². The van der Waals surface area contributed by atoms with Crippen LogP contribution in [0.5, 0.6) is 0 Å². The quantitative estimate of drug-likeness (QED) is 0.641. The molecule has 5 nitrogen and oxygen atoms in total. The molecule has 1 spiro atoms. The maximum absolute atomic E-state index is 13.1. The highest BCUT2D eigenvalue weighted by molar-refractivity contribution is 5.71. The Morgan fingerprint density at radius 1 is 1.13 bits per heavy atom. The highest BCUT2D eigenvalue weighted by Gasteiger charge is 2.50. The molecule has 4 unspecified atom stereocenters. The number of piperidine rings is 1. The molecule has 0 bridgehead atoms. The number of rotatable bonds is 4. The Kier molecular flexibility index (Phi) is 5.98. The van der Waals surface area contributed by atoms with Gasteiger partial charge in [-0.15, -0.1) is 0 Å². The van der Waals surface area contributed by atoms with Gasteiger partial charge in [-0.3, -0.25) is 0 Å². The maximum Gasteiger partial charge on any atom is 0.416 e. The van der Waals surface area contributed by atoms with E-state index >= 15 is 0 Å². The number of carbonyl (C=O) groups is 1. The van der Waals surface area contributed by atoms with Crippen molar-refractivity contribution < 1.29 is 40.6 Å². The zero-order chi connectivity index (χ0) is 23.2. The zero-order valence-electron chi connectivity index (χ0n) is 17.2. The van der Waals surface area contributed by atoms with Crippen molar-refractivity contribution in [3.05, 3.63) is 34.9 Å². The zero-order valence-corrected chi connectivity index (χ0v) is 17.2. The SMILES string of the molecule is CC(OCC1(C)CCC2(CN1)NC(=O)OC2C)c1cc(C(F)(F)F)cc(C(F)(F)F)c1. The third-order valence-corrected chi connectivity index (χ3v) is 6.10. The van der Waals surface area contributed by atoms with E-state index in [0.717, 1.165) is 0 Å². The first-order valence-corrected chi connectivity index (χ1v) is 9.78. The van der Waals surface area contributed by atoms with Gasteiger partial charge in [0.05, 0.1) is 29.4 Å². The highest BCUT2D eigenvalue weighted by Crippen LogP contribution is 2.38. The van der Waals surface area contributed by atoms with Gasteiger partial charge in [0.25, 0.3) is 0 Å². The minimum atomic E-state index is -4.91. The molecule has 2 N–H and O–H groups in total. The van der Waals surface area contributed by atoms with Crippen LogP contribution in [-0.4, -0.2) is 36.4 Å². The van der Waals surface area contributed by atoms with E-state index in [0.29, 0.717) is 31.5 Å². The summed E-state index contributed by atoms with van der Waals surface area (Å²) in [6, 6.07) is 1.45. The Morgan fingerprint density at radius 2 is 1.71 bits per heavy atom. The Morgan fingerprint density at radius 3 is 2.13 bits per heavy atom. The highest BCUT2D eigenvalue weighted by atomic mass is 19.4. The summed E-state index contributed by atoms with van der Waals surface area (Å²) in [6.45, 7) is 5.51. The smallest absolute Gasteiger partial charge is 0.416 e. The molecule has 1 amide bonds. The lowest BCUT2D eigenvalue weighted by Gasteiger charge is -2.44. The Labute approximate surface area is 175 Å². The summed E-state index contributed by atoms with van der Waals surface area (Å²) in [5.74, 6) is 0. The summed E-state index contributed by atoms with van der Waals surface area (Å²) < 4.78 is 89.3. The number of hydrogen-bond acceptors (Lipinski definition) is 4. The molecule has 2 aliphatic rings. The third kappa shape index (κ3) is 5.08. The van der Waals surface area contributed by atoms with Gasteiger partial charge in [0, 0.05) is 12.1 Å². The fourth-order valence-corrected chi connectivity index (χ4v) is 3.85. The minimum absolute atomic E-state index is 0.0605. The molecule has 1 aromatic carbocycles. The number of nitrogens with one attached hydrogen (secondary N) is 2. The molecule has 174 valence electrons. The van der Waals surface area contributed by atoms with Crippen LogP contribution in [0.1, 0.15) is 56.4 Å². The monoisotopic (exact) mass is 454 g/mol. The Bertz CT molecular complexity index is 799. The lowest BCUT2D eigenvalue weighted by atomic mass is 9.78. The standard InChI is InChI=1S/C20H24F6N2O3/c1-11(13-6-14(19(21,22)23)8-15(7-13)20(24,25)26)30-10-17(3)4-5-18(9-27-17)12(2)31-16(29)28-18/h6-8,11-12,27H,4-5,9-10H2,1-3H3,(H,28,29). The van der Waals surface area contributed by atoms with Gasteiger partial charge in [-0.25, -0.2) is 4.79 Å². The molecule has 1 aromatic rings. The molecule has 2 heterocycles. The first-order valence-electron chi connectivity index (χ1n) is 9.78. The van der Waals surface area contributed by atoms with Crippen LogP contribution < -0.4 is 10.6 Å². The summed E-state index contributed by atoms with van der Waals surface area (Å²) in [5, 5.41) is 6.09. The topological polar surface area (TPSA) is 59.6 Å². The van der Waals surface area contributed by atoms with Crippen molar-refractivity contribution in [2.24, 2.45) is 0 Å². The third-order valence-electron chi connectivity index (χ3n) is 6.10. The second kappa shape index (κ2) is 7.84. The molecule has 11 heteroatoms. The number of benzene rings is 1. The molecule has 0 saturated carbocycles. The lowest BCUT2D eigenvalue weighted by Crippen LogP contribution is -2.65. The van der Waals surface area contributed by atoms with Crippen LogP contribution in [0.3, 0.4) is 0 Å². The first kappa shape index (κ1) is 23.6. The van der Waals surface area contributed by atoms with E-state index < -0.39 is 46.8 Å². The van der Waals surface area contributed by atoms with E-state index in [9.17, 15) is 31.1 Å². The molecule has 0 aromatic heterocycles. The number of halogens is 6. The molecule has 2 fully saturated rings. The van der Waals surface area contributed by atoms with Gasteiger partial charge in [0.15, 0.2) is 0 Å². The van der Waals surface area contributed by atoms with Crippen molar-refractivity contribution in [1.29, 1.82) is 0 Å². The van der Waals surface area contributed by atoms with Crippen LogP contribution in [0.4, 0.5) is 31.1 Å². The Hall–Kier alpha value is -2.01. The summed E-state index contributed by atoms with van der Waals surface area (Å²) in [6.07, 6.45) is -10.5. The van der Waals surface area contributed by atoms with Crippen LogP contribution in [0, 0.1) is 0 Å². The average Bonchev–Trinajstić information content (AvgIpc) is 2.94. The van der Waals surface area contributed by atoms with Crippen LogP contribution >= 0.6 is 0 Å². The minimum Gasteiger partial charge on any atom is -0.444 e. The number of amides is 1. The lowest BCUT2D eigenvalue weighted by molar-refractivity contribution is -0.143. The predicted molar refractivity (Wildman–Crippen MR) is 98.3 cm³/mol. The summed E-state index contributed by atoms with van der Waals surface area (Å²) in [7, 11) is 0. The second-order valence-corrected chi connectivity index (χ2v) is 8.54. The van der Waals surface area contributed by atoms with Crippen LogP contribution in [0.15, 0.2) is 18.2 Å². The fraction of sp³-hybridized carbons (Fsp3) is 0.650. The molecule has 3 rings (SSSR count). The molecular weight excluding hydrogens is 430 g/mol. The van der Waals surface area contributed by atoms with E-state index in [1.165, 1.54) is 6.92 Å². The molecule has 2 aliphatic heterocycles. The van der Waals surface area contributed by atoms with Gasteiger partial charge in [-0.05, 0) is 57.4 Å². The van der Waals surface area contributed by atoms with Gasteiger partial charge in [0.2, 0.25) is 0 Å². The molecule has 0 aliphatic carbocycles. The van der Waals surface area contributed by atoms with E-state index in [-0.39, 0.29) is 24.3 Å².